The van der Waals surface area contributed by atoms with E-state index in [1.54, 1.807) is 0 Å². The summed E-state index contributed by atoms with van der Waals surface area (Å²) < 4.78 is 11.0. The van der Waals surface area contributed by atoms with Gasteiger partial charge in [-0.05, 0) is 12.8 Å². The zero-order valence-corrected chi connectivity index (χ0v) is 10.9. The number of ether oxygens (including phenoxy) is 2. The molecule has 0 aromatic heterocycles. The van der Waals surface area contributed by atoms with Crippen molar-refractivity contribution in [2.24, 2.45) is 5.92 Å². The highest BCUT2D eigenvalue weighted by Crippen LogP contribution is 2.31. The minimum atomic E-state index is -0.169. The van der Waals surface area contributed by atoms with Gasteiger partial charge >= 0.3 is 0 Å². The molecule has 0 bridgehead atoms. The van der Waals surface area contributed by atoms with Crippen molar-refractivity contribution in [2.75, 3.05) is 33.0 Å². The lowest BCUT2D eigenvalue weighted by Gasteiger charge is -2.44. The molecule has 2 aliphatic rings. The third kappa shape index (κ3) is 2.47. The van der Waals surface area contributed by atoms with E-state index in [1.165, 1.54) is 0 Å². The average Bonchev–Trinajstić information content (AvgIpc) is 2.78. The minimum absolute atomic E-state index is 0.121. The fourth-order valence-electron chi connectivity index (χ4n) is 2.82. The lowest BCUT2D eigenvalue weighted by molar-refractivity contribution is -0.153. The van der Waals surface area contributed by atoms with Crippen molar-refractivity contribution in [1.82, 2.24) is 4.90 Å². The van der Waals surface area contributed by atoms with Gasteiger partial charge in [-0.1, -0.05) is 20.3 Å². The SMILES string of the molecule is CCC[C@H](C)C(=O)N1CCOC[C@]12CCOC2. The molecular weight excluding hydrogens is 218 g/mol. The third-order valence-corrected chi connectivity index (χ3v) is 3.89. The van der Waals surface area contributed by atoms with Crippen molar-refractivity contribution in [3.8, 4) is 0 Å². The van der Waals surface area contributed by atoms with Gasteiger partial charge in [-0.2, -0.15) is 0 Å². The molecule has 4 heteroatoms. The maximum absolute atomic E-state index is 12.5. The van der Waals surface area contributed by atoms with Gasteiger partial charge in [0.1, 0.15) is 0 Å². The number of morpholine rings is 1. The Hall–Kier alpha value is -0.610. The topological polar surface area (TPSA) is 38.8 Å². The fraction of sp³-hybridized carbons (Fsp3) is 0.923. The van der Waals surface area contributed by atoms with Gasteiger partial charge in [0.25, 0.3) is 0 Å². The second-order valence-corrected chi connectivity index (χ2v) is 5.26. The number of hydrogen-bond acceptors (Lipinski definition) is 3. The maximum atomic E-state index is 12.5. The summed E-state index contributed by atoms with van der Waals surface area (Å²) in [6.07, 6.45) is 2.94. The molecule has 2 atom stereocenters. The van der Waals surface area contributed by atoms with Crippen molar-refractivity contribution in [3.05, 3.63) is 0 Å². The van der Waals surface area contributed by atoms with Crippen molar-refractivity contribution in [3.63, 3.8) is 0 Å². The summed E-state index contributed by atoms with van der Waals surface area (Å²) in [7, 11) is 0. The second kappa shape index (κ2) is 5.36. The van der Waals surface area contributed by atoms with E-state index in [-0.39, 0.29) is 17.4 Å². The van der Waals surface area contributed by atoms with Gasteiger partial charge in [-0.15, -0.1) is 0 Å². The van der Waals surface area contributed by atoms with E-state index in [2.05, 4.69) is 6.92 Å². The lowest BCUT2D eigenvalue weighted by atomic mass is 9.93. The predicted molar refractivity (Wildman–Crippen MR) is 64.8 cm³/mol. The number of hydrogen-bond donors (Lipinski definition) is 0. The molecule has 2 saturated heterocycles. The summed E-state index contributed by atoms with van der Waals surface area (Å²) in [4.78, 5) is 14.5. The van der Waals surface area contributed by atoms with Gasteiger partial charge in [0.05, 0.1) is 25.4 Å². The summed E-state index contributed by atoms with van der Waals surface area (Å²) in [6.45, 7) is 7.55. The highest BCUT2D eigenvalue weighted by atomic mass is 16.5. The molecule has 1 spiro atoms. The Bertz CT molecular complexity index is 274. The highest BCUT2D eigenvalue weighted by Gasteiger charge is 2.46. The summed E-state index contributed by atoms with van der Waals surface area (Å²) in [5.41, 5.74) is -0.169. The van der Waals surface area contributed by atoms with Gasteiger partial charge < -0.3 is 14.4 Å². The van der Waals surface area contributed by atoms with E-state index in [9.17, 15) is 4.79 Å². The zero-order chi connectivity index (χ0) is 12.3. The van der Waals surface area contributed by atoms with E-state index in [4.69, 9.17) is 9.47 Å². The van der Waals surface area contributed by atoms with Crippen LogP contribution in [0.2, 0.25) is 0 Å². The van der Waals surface area contributed by atoms with Gasteiger partial charge in [0.2, 0.25) is 5.91 Å². The monoisotopic (exact) mass is 241 g/mol. The van der Waals surface area contributed by atoms with E-state index in [1.807, 2.05) is 11.8 Å². The summed E-state index contributed by atoms with van der Waals surface area (Å²) in [5, 5.41) is 0. The van der Waals surface area contributed by atoms with Crippen LogP contribution < -0.4 is 0 Å². The Labute approximate surface area is 103 Å². The lowest BCUT2D eigenvalue weighted by Crippen LogP contribution is -2.60. The second-order valence-electron chi connectivity index (χ2n) is 5.26. The number of carbonyl (C=O) groups excluding carboxylic acids is 1. The predicted octanol–water partition coefficient (Wildman–Crippen LogP) is 1.44. The number of rotatable bonds is 3. The first-order valence-corrected chi connectivity index (χ1v) is 6.66. The Balaban J connectivity index is 2.08. The first kappa shape index (κ1) is 12.8. The van der Waals surface area contributed by atoms with Crippen molar-refractivity contribution >= 4 is 5.91 Å². The van der Waals surface area contributed by atoms with Gasteiger partial charge in [-0.3, -0.25) is 4.79 Å². The summed E-state index contributed by atoms with van der Waals surface area (Å²) in [6, 6.07) is 0. The maximum Gasteiger partial charge on any atom is 0.226 e. The zero-order valence-electron chi connectivity index (χ0n) is 10.9. The van der Waals surface area contributed by atoms with Gasteiger partial charge in [-0.25, -0.2) is 0 Å². The van der Waals surface area contributed by atoms with Crippen LogP contribution in [0.3, 0.4) is 0 Å². The van der Waals surface area contributed by atoms with Crippen LogP contribution in [0, 0.1) is 5.92 Å². The number of amides is 1. The normalized spacial score (nSPS) is 30.8. The molecule has 0 unspecified atom stereocenters. The minimum Gasteiger partial charge on any atom is -0.379 e. The molecule has 0 aliphatic carbocycles. The van der Waals surface area contributed by atoms with Crippen LogP contribution >= 0.6 is 0 Å². The van der Waals surface area contributed by atoms with Crippen LogP contribution in [0.4, 0.5) is 0 Å². The molecule has 0 N–H and O–H groups in total. The van der Waals surface area contributed by atoms with Crippen LogP contribution in [0.1, 0.15) is 33.1 Å². The molecule has 0 aromatic carbocycles. The summed E-state index contributed by atoms with van der Waals surface area (Å²) in [5.74, 6) is 0.399. The van der Waals surface area contributed by atoms with Crippen LogP contribution in [-0.4, -0.2) is 49.3 Å². The molecule has 2 rings (SSSR count). The molecule has 0 aromatic rings. The molecular formula is C13H23NO3. The molecule has 4 nitrogen and oxygen atoms in total. The van der Waals surface area contributed by atoms with Gasteiger partial charge in [0.15, 0.2) is 0 Å². The van der Waals surface area contributed by atoms with Crippen molar-refractivity contribution in [1.29, 1.82) is 0 Å². The quantitative estimate of drug-likeness (QED) is 0.750. The molecule has 2 fully saturated rings. The van der Waals surface area contributed by atoms with Gasteiger partial charge in [0, 0.05) is 19.1 Å². The van der Waals surface area contributed by atoms with E-state index < -0.39 is 0 Å². The fourth-order valence-corrected chi connectivity index (χ4v) is 2.82. The Morgan fingerprint density at radius 1 is 1.35 bits per heavy atom. The smallest absolute Gasteiger partial charge is 0.226 e. The van der Waals surface area contributed by atoms with E-state index >= 15 is 0 Å². The number of nitrogens with zero attached hydrogens (tertiary/aromatic N) is 1. The Morgan fingerprint density at radius 3 is 2.71 bits per heavy atom. The molecule has 2 heterocycles. The Morgan fingerprint density at radius 2 is 2.06 bits per heavy atom. The molecule has 1 amide bonds. The Kier molecular flexibility index (Phi) is 4.05. The van der Waals surface area contributed by atoms with E-state index in [0.29, 0.717) is 19.8 Å². The molecule has 17 heavy (non-hydrogen) atoms. The van der Waals surface area contributed by atoms with E-state index in [0.717, 1.165) is 32.4 Å². The first-order chi connectivity index (χ1) is 8.19. The first-order valence-electron chi connectivity index (χ1n) is 6.66. The third-order valence-electron chi connectivity index (χ3n) is 3.89. The van der Waals surface area contributed by atoms with Crippen molar-refractivity contribution in [2.45, 2.75) is 38.6 Å². The largest absolute Gasteiger partial charge is 0.379 e. The van der Waals surface area contributed by atoms with Crippen LogP contribution in [0.25, 0.3) is 0 Å². The van der Waals surface area contributed by atoms with Crippen LogP contribution in [0.5, 0.6) is 0 Å². The van der Waals surface area contributed by atoms with Crippen LogP contribution in [0.15, 0.2) is 0 Å². The van der Waals surface area contributed by atoms with Crippen LogP contribution in [-0.2, 0) is 14.3 Å². The van der Waals surface area contributed by atoms with Crippen molar-refractivity contribution < 1.29 is 14.3 Å². The summed E-state index contributed by atoms with van der Waals surface area (Å²) >= 11 is 0. The molecule has 0 radical (unpaired) electrons. The number of carbonyl (C=O) groups is 1. The molecule has 2 aliphatic heterocycles. The highest BCUT2D eigenvalue weighted by molar-refractivity contribution is 5.79. The molecule has 98 valence electrons. The average molecular weight is 241 g/mol. The standard InChI is InChI=1S/C13H23NO3/c1-3-4-11(2)12(15)14-6-8-17-10-13(14)5-7-16-9-13/h11H,3-10H2,1-2H3/t11-,13+/m0/s1. The molecule has 0 saturated carbocycles.